The summed E-state index contributed by atoms with van der Waals surface area (Å²) in [5.41, 5.74) is 2.84. The maximum atomic E-state index is 2.26. The van der Waals surface area contributed by atoms with E-state index in [1.807, 2.05) is 0 Å². The van der Waals surface area contributed by atoms with Crippen molar-refractivity contribution in [2.45, 2.75) is 132 Å². The third-order valence-electron chi connectivity index (χ3n) is 3.65. The summed E-state index contributed by atoms with van der Waals surface area (Å²) in [5, 5.41) is 0. The van der Waals surface area contributed by atoms with Crippen molar-refractivity contribution in [2.24, 2.45) is 0 Å². The summed E-state index contributed by atoms with van der Waals surface area (Å²) in [6.45, 7) is 17.4. The highest BCUT2D eigenvalue weighted by Crippen LogP contribution is 2.07. The molecule has 0 saturated heterocycles. The van der Waals surface area contributed by atoms with Gasteiger partial charge in [-0.3, -0.25) is 0 Å². The molecule has 0 amide bonds. The van der Waals surface area contributed by atoms with E-state index in [4.69, 9.17) is 0 Å². The van der Waals surface area contributed by atoms with Gasteiger partial charge >= 0.3 is 0 Å². The molecule has 0 N–H and O–H groups in total. The second kappa shape index (κ2) is 29.0. The van der Waals surface area contributed by atoms with Gasteiger partial charge in [-0.1, -0.05) is 143 Å². The molecular weight excluding hydrogens is 312 g/mol. The summed E-state index contributed by atoms with van der Waals surface area (Å²) in [7, 11) is 0. The molecule has 0 nitrogen and oxygen atoms in total. The van der Waals surface area contributed by atoms with Gasteiger partial charge in [-0.15, -0.1) is 0 Å². The lowest BCUT2D eigenvalue weighted by Crippen LogP contribution is -1.84. The van der Waals surface area contributed by atoms with Crippen molar-refractivity contribution in [3.8, 4) is 0 Å². The van der Waals surface area contributed by atoms with Gasteiger partial charge in [0, 0.05) is 0 Å². The van der Waals surface area contributed by atoms with Crippen LogP contribution in [0.1, 0.15) is 130 Å². The fourth-order valence-electron chi connectivity index (χ4n) is 2.19. The van der Waals surface area contributed by atoms with Gasteiger partial charge in [-0.2, -0.15) is 0 Å². The van der Waals surface area contributed by atoms with Gasteiger partial charge < -0.3 is 0 Å². The lowest BCUT2D eigenvalue weighted by Gasteiger charge is -2.00. The molecule has 1 aromatic carbocycles. The second-order valence-electron chi connectivity index (χ2n) is 7.27. The number of benzene rings is 1. The summed E-state index contributed by atoms with van der Waals surface area (Å²) < 4.78 is 0. The largest absolute Gasteiger partial charge is 0.0656 e. The van der Waals surface area contributed by atoms with Crippen LogP contribution in [-0.2, 0) is 6.42 Å². The minimum absolute atomic E-state index is 1.24. The van der Waals surface area contributed by atoms with Gasteiger partial charge in [0.15, 0.2) is 0 Å². The number of rotatable bonds is 9. The molecule has 0 unspecified atom stereocenters. The van der Waals surface area contributed by atoms with E-state index in [9.17, 15) is 0 Å². The molecule has 26 heavy (non-hydrogen) atoms. The molecule has 0 fully saturated rings. The average molecular weight is 365 g/mol. The molecule has 0 aromatic heterocycles. The summed E-state index contributed by atoms with van der Waals surface area (Å²) >= 11 is 0. The summed E-state index contributed by atoms with van der Waals surface area (Å²) in [4.78, 5) is 0. The lowest BCUT2D eigenvalue weighted by molar-refractivity contribution is 0.624. The third-order valence-corrected chi connectivity index (χ3v) is 3.65. The number of unbranched alkanes of at least 4 members (excludes halogenated alkanes) is 7. The molecule has 0 radical (unpaired) electrons. The highest BCUT2D eigenvalue weighted by Gasteiger charge is 1.91. The molecule has 0 aliphatic rings. The lowest BCUT2D eigenvalue weighted by atomic mass is 10.1. The van der Waals surface area contributed by atoms with Crippen LogP contribution in [0.25, 0.3) is 0 Å². The van der Waals surface area contributed by atoms with E-state index in [1.54, 1.807) is 0 Å². The van der Waals surface area contributed by atoms with Crippen LogP contribution < -0.4 is 0 Å². The van der Waals surface area contributed by atoms with Crippen LogP contribution in [-0.4, -0.2) is 0 Å². The highest BCUT2D eigenvalue weighted by molar-refractivity contribution is 5.21. The Hall–Kier alpha value is -0.780. The summed E-state index contributed by atoms with van der Waals surface area (Å²) in [5.74, 6) is 0. The normalized spacial score (nSPS) is 9.08. The number of hydrogen-bond donors (Lipinski definition) is 0. The molecule has 156 valence electrons. The molecular formula is C26H52. The van der Waals surface area contributed by atoms with Crippen LogP contribution in [0.4, 0.5) is 0 Å². The Morgan fingerprint density at radius 1 is 0.500 bits per heavy atom. The first kappa shape index (κ1) is 30.0. The van der Waals surface area contributed by atoms with Crippen molar-refractivity contribution in [1.82, 2.24) is 0 Å². The predicted octanol–water partition coefficient (Wildman–Crippen LogP) is 9.93. The zero-order chi connectivity index (χ0) is 20.5. The number of hydrogen-bond acceptors (Lipinski definition) is 0. The van der Waals surface area contributed by atoms with Crippen molar-refractivity contribution >= 4 is 0 Å². The summed E-state index contributed by atoms with van der Waals surface area (Å²) in [6, 6.07) is 8.87. The SMILES string of the molecule is CCC.CCC.CCCCCCCC.CCCCCc1ccc(C)cc1. The molecule has 0 atom stereocenters. The fourth-order valence-corrected chi connectivity index (χ4v) is 2.19. The topological polar surface area (TPSA) is 0 Å². The molecule has 0 aliphatic carbocycles. The first-order valence-electron chi connectivity index (χ1n) is 11.6. The fraction of sp³-hybridized carbons (Fsp3) is 0.769. The van der Waals surface area contributed by atoms with Gasteiger partial charge in [-0.25, -0.2) is 0 Å². The minimum Gasteiger partial charge on any atom is -0.0656 e. The van der Waals surface area contributed by atoms with Crippen molar-refractivity contribution in [1.29, 1.82) is 0 Å². The Bertz CT molecular complexity index is 301. The quantitative estimate of drug-likeness (QED) is 0.382. The van der Waals surface area contributed by atoms with Gasteiger partial charge in [0.2, 0.25) is 0 Å². The van der Waals surface area contributed by atoms with Crippen LogP contribution in [0.3, 0.4) is 0 Å². The predicted molar refractivity (Wildman–Crippen MR) is 125 cm³/mol. The van der Waals surface area contributed by atoms with Gasteiger partial charge in [0.25, 0.3) is 0 Å². The Morgan fingerprint density at radius 2 is 0.846 bits per heavy atom. The molecule has 1 rings (SSSR count). The maximum absolute atomic E-state index is 2.26. The molecule has 0 spiro atoms. The van der Waals surface area contributed by atoms with E-state index in [-0.39, 0.29) is 0 Å². The van der Waals surface area contributed by atoms with Crippen molar-refractivity contribution in [2.75, 3.05) is 0 Å². The molecule has 0 bridgehead atoms. The molecule has 0 heteroatoms. The van der Waals surface area contributed by atoms with Crippen LogP contribution >= 0.6 is 0 Å². The molecule has 0 saturated carbocycles. The zero-order valence-corrected chi connectivity index (χ0v) is 19.8. The van der Waals surface area contributed by atoms with E-state index in [2.05, 4.69) is 79.7 Å². The molecule has 0 heterocycles. The van der Waals surface area contributed by atoms with E-state index < -0.39 is 0 Å². The zero-order valence-electron chi connectivity index (χ0n) is 19.8. The third kappa shape index (κ3) is 31.0. The van der Waals surface area contributed by atoms with E-state index in [0.717, 1.165) is 0 Å². The van der Waals surface area contributed by atoms with Gasteiger partial charge in [0.1, 0.15) is 0 Å². The Labute approximate surface area is 168 Å². The summed E-state index contributed by atoms with van der Waals surface area (Å²) in [6.07, 6.45) is 16.2. The Morgan fingerprint density at radius 3 is 1.19 bits per heavy atom. The standard InChI is InChI=1S/C12H18.C8H18.2C3H8/c1-3-4-5-6-12-9-7-11(2)8-10-12;1-3-5-7-8-6-4-2;2*1-3-2/h7-10H,3-6H2,1-2H3;3-8H2,1-2H3;2*3H2,1-2H3. The van der Waals surface area contributed by atoms with E-state index >= 15 is 0 Å². The monoisotopic (exact) mass is 364 g/mol. The minimum atomic E-state index is 1.24. The van der Waals surface area contributed by atoms with Crippen LogP contribution in [0.15, 0.2) is 24.3 Å². The Balaban J connectivity index is -0.000000327. The van der Waals surface area contributed by atoms with Crippen molar-refractivity contribution in [3.63, 3.8) is 0 Å². The van der Waals surface area contributed by atoms with Crippen LogP contribution in [0.2, 0.25) is 0 Å². The maximum Gasteiger partial charge on any atom is -0.0279 e. The highest BCUT2D eigenvalue weighted by atomic mass is 14.0. The van der Waals surface area contributed by atoms with E-state index in [0.29, 0.717) is 0 Å². The van der Waals surface area contributed by atoms with Gasteiger partial charge in [0.05, 0.1) is 0 Å². The van der Waals surface area contributed by atoms with Crippen molar-refractivity contribution < 1.29 is 0 Å². The van der Waals surface area contributed by atoms with Crippen LogP contribution in [0, 0.1) is 6.92 Å². The average Bonchev–Trinajstić information content (AvgIpc) is 2.63. The van der Waals surface area contributed by atoms with Gasteiger partial charge in [-0.05, 0) is 25.3 Å². The molecule has 1 aromatic rings. The Kier molecular flexibility index (Phi) is 33.4. The second-order valence-corrected chi connectivity index (χ2v) is 7.27. The van der Waals surface area contributed by atoms with Crippen LogP contribution in [0.5, 0.6) is 0 Å². The van der Waals surface area contributed by atoms with E-state index in [1.165, 1.54) is 88.2 Å². The first-order chi connectivity index (χ1) is 12.6. The smallest absolute Gasteiger partial charge is 0.0279 e. The molecule has 0 aliphatic heterocycles. The first-order valence-corrected chi connectivity index (χ1v) is 11.6. The van der Waals surface area contributed by atoms with Crippen molar-refractivity contribution in [3.05, 3.63) is 35.4 Å². The number of aryl methyl sites for hydroxylation is 2.